The molecule has 1 rings (SSSR count). The predicted molar refractivity (Wildman–Crippen MR) is 57.8 cm³/mol. The fourth-order valence-electron chi connectivity index (χ4n) is 1.32. The summed E-state index contributed by atoms with van der Waals surface area (Å²) in [6.07, 6.45) is 6.43. The van der Waals surface area contributed by atoms with Crippen LogP contribution in [0.2, 0.25) is 0 Å². The first-order chi connectivity index (χ1) is 6.38. The maximum absolute atomic E-state index is 5.31. The van der Waals surface area contributed by atoms with Crippen molar-refractivity contribution in [1.82, 2.24) is 0 Å². The minimum absolute atomic E-state index is 0.692. The van der Waals surface area contributed by atoms with Gasteiger partial charge in [0.2, 0.25) is 0 Å². The lowest BCUT2D eigenvalue weighted by Crippen LogP contribution is -2.23. The van der Waals surface area contributed by atoms with Gasteiger partial charge in [-0.2, -0.15) is 0 Å². The van der Waals surface area contributed by atoms with Crippen molar-refractivity contribution in [2.24, 2.45) is 0 Å². The summed E-state index contributed by atoms with van der Waals surface area (Å²) >= 11 is 0. The van der Waals surface area contributed by atoms with E-state index in [9.17, 15) is 0 Å². The number of benzene rings is 1. The number of rotatable bonds is 4. The molecule has 1 aromatic carbocycles. The molecule has 0 saturated heterocycles. The van der Waals surface area contributed by atoms with Crippen molar-refractivity contribution >= 4 is 5.69 Å². The highest BCUT2D eigenvalue weighted by molar-refractivity contribution is 5.46. The molecule has 13 heavy (non-hydrogen) atoms. The van der Waals surface area contributed by atoms with Crippen LogP contribution in [0, 0.1) is 12.3 Å². The molecule has 1 heteroatoms. The predicted octanol–water partition coefficient (Wildman–Crippen LogP) is 2.54. The molecule has 0 amide bonds. The minimum atomic E-state index is 0.692. The fourth-order valence-corrected chi connectivity index (χ4v) is 1.32. The maximum Gasteiger partial charge on any atom is 0.0791 e. The molecule has 0 heterocycles. The molecule has 1 aromatic rings. The van der Waals surface area contributed by atoms with Crippen LogP contribution < -0.4 is 4.90 Å². The third-order valence-electron chi connectivity index (χ3n) is 1.90. The van der Waals surface area contributed by atoms with Crippen molar-refractivity contribution in [3.8, 4) is 12.3 Å². The molecule has 0 aromatic heterocycles. The van der Waals surface area contributed by atoms with Crippen LogP contribution in [0.25, 0.3) is 0 Å². The molecule has 0 bridgehead atoms. The van der Waals surface area contributed by atoms with Crippen molar-refractivity contribution in [2.75, 3.05) is 18.0 Å². The molecule has 0 atom stereocenters. The van der Waals surface area contributed by atoms with Crippen LogP contribution in [-0.2, 0) is 0 Å². The second-order valence-corrected chi connectivity index (χ2v) is 2.96. The second kappa shape index (κ2) is 5.27. The first-order valence-corrected chi connectivity index (χ1v) is 4.62. The Morgan fingerprint density at radius 1 is 1.31 bits per heavy atom. The summed E-state index contributed by atoms with van der Waals surface area (Å²) < 4.78 is 0. The Kier molecular flexibility index (Phi) is 3.92. The molecule has 0 unspecified atom stereocenters. The van der Waals surface area contributed by atoms with E-state index in [1.54, 1.807) is 0 Å². The van der Waals surface area contributed by atoms with Crippen LogP contribution in [0.5, 0.6) is 0 Å². The normalized spacial score (nSPS) is 9.23. The van der Waals surface area contributed by atoms with Crippen LogP contribution in [0.1, 0.15) is 13.3 Å². The van der Waals surface area contributed by atoms with Crippen molar-refractivity contribution in [3.05, 3.63) is 30.3 Å². The van der Waals surface area contributed by atoms with Gasteiger partial charge in [-0.1, -0.05) is 31.0 Å². The summed E-state index contributed by atoms with van der Waals surface area (Å²) in [7, 11) is 0. The zero-order chi connectivity index (χ0) is 9.52. The Hall–Kier alpha value is -1.42. The van der Waals surface area contributed by atoms with E-state index in [1.807, 2.05) is 18.2 Å². The molecule has 0 aliphatic carbocycles. The van der Waals surface area contributed by atoms with Gasteiger partial charge < -0.3 is 4.90 Å². The van der Waals surface area contributed by atoms with E-state index < -0.39 is 0 Å². The SMILES string of the molecule is C#CCN(CCC)c1ccccc1. The average Bonchev–Trinajstić information content (AvgIpc) is 2.19. The lowest BCUT2D eigenvalue weighted by molar-refractivity contribution is 0.823. The van der Waals surface area contributed by atoms with E-state index in [4.69, 9.17) is 6.42 Å². The van der Waals surface area contributed by atoms with Gasteiger partial charge in [-0.05, 0) is 18.6 Å². The molecule has 0 aliphatic heterocycles. The first-order valence-electron chi connectivity index (χ1n) is 4.62. The highest BCUT2D eigenvalue weighted by Gasteiger charge is 2.01. The van der Waals surface area contributed by atoms with Gasteiger partial charge in [0.15, 0.2) is 0 Å². The number of hydrogen-bond acceptors (Lipinski definition) is 1. The Morgan fingerprint density at radius 3 is 2.54 bits per heavy atom. The Labute approximate surface area is 80.4 Å². The van der Waals surface area contributed by atoms with Gasteiger partial charge in [-0.25, -0.2) is 0 Å². The van der Waals surface area contributed by atoms with Gasteiger partial charge in [0.1, 0.15) is 0 Å². The smallest absolute Gasteiger partial charge is 0.0791 e. The van der Waals surface area contributed by atoms with E-state index in [0.29, 0.717) is 6.54 Å². The Balaban J connectivity index is 2.71. The highest BCUT2D eigenvalue weighted by atomic mass is 15.1. The highest BCUT2D eigenvalue weighted by Crippen LogP contribution is 2.12. The standard InChI is InChI=1S/C12H15N/c1-3-10-13(11-4-2)12-8-6-5-7-9-12/h1,5-9H,4,10-11H2,2H3. The zero-order valence-corrected chi connectivity index (χ0v) is 8.03. The van der Waals surface area contributed by atoms with Crippen molar-refractivity contribution < 1.29 is 0 Å². The number of anilines is 1. The number of nitrogens with zero attached hydrogens (tertiary/aromatic N) is 1. The van der Waals surface area contributed by atoms with Crippen LogP contribution in [0.3, 0.4) is 0 Å². The van der Waals surface area contributed by atoms with Gasteiger partial charge >= 0.3 is 0 Å². The molecular formula is C12H15N. The summed E-state index contributed by atoms with van der Waals surface area (Å²) in [4.78, 5) is 2.21. The maximum atomic E-state index is 5.31. The number of para-hydroxylation sites is 1. The molecule has 1 nitrogen and oxygen atoms in total. The number of hydrogen-bond donors (Lipinski definition) is 0. The summed E-state index contributed by atoms with van der Waals surface area (Å²) in [6.45, 7) is 3.87. The first kappa shape index (κ1) is 9.67. The largest absolute Gasteiger partial charge is 0.360 e. The lowest BCUT2D eigenvalue weighted by atomic mass is 10.2. The zero-order valence-electron chi connectivity index (χ0n) is 8.03. The van der Waals surface area contributed by atoms with E-state index >= 15 is 0 Å². The molecule has 0 fully saturated rings. The summed E-state index contributed by atoms with van der Waals surface area (Å²) in [5.41, 5.74) is 1.21. The summed E-state index contributed by atoms with van der Waals surface area (Å²) in [6, 6.07) is 10.3. The van der Waals surface area contributed by atoms with Crippen LogP contribution in [0.4, 0.5) is 5.69 Å². The van der Waals surface area contributed by atoms with Crippen LogP contribution in [-0.4, -0.2) is 13.1 Å². The number of terminal acetylenes is 1. The third kappa shape index (κ3) is 2.83. The molecule has 0 saturated carbocycles. The van der Waals surface area contributed by atoms with Crippen LogP contribution >= 0.6 is 0 Å². The molecule has 0 N–H and O–H groups in total. The van der Waals surface area contributed by atoms with Crippen molar-refractivity contribution in [3.63, 3.8) is 0 Å². The summed E-state index contributed by atoms with van der Waals surface area (Å²) in [5.74, 6) is 2.68. The molecule has 68 valence electrons. The second-order valence-electron chi connectivity index (χ2n) is 2.96. The van der Waals surface area contributed by atoms with Gasteiger partial charge in [0, 0.05) is 12.2 Å². The minimum Gasteiger partial charge on any atom is -0.360 e. The lowest BCUT2D eigenvalue weighted by Gasteiger charge is -2.21. The van der Waals surface area contributed by atoms with Crippen LogP contribution in [0.15, 0.2) is 30.3 Å². The monoisotopic (exact) mass is 173 g/mol. The van der Waals surface area contributed by atoms with Gasteiger partial charge in [0.25, 0.3) is 0 Å². The quantitative estimate of drug-likeness (QED) is 0.632. The van der Waals surface area contributed by atoms with Gasteiger partial charge in [0.05, 0.1) is 6.54 Å². The van der Waals surface area contributed by atoms with Crippen molar-refractivity contribution in [2.45, 2.75) is 13.3 Å². The topological polar surface area (TPSA) is 3.24 Å². The fraction of sp³-hybridized carbons (Fsp3) is 0.333. The van der Waals surface area contributed by atoms with Crippen molar-refractivity contribution in [1.29, 1.82) is 0 Å². The van der Waals surface area contributed by atoms with E-state index in [2.05, 4.69) is 29.9 Å². The van der Waals surface area contributed by atoms with E-state index in [1.165, 1.54) is 5.69 Å². The van der Waals surface area contributed by atoms with E-state index in [0.717, 1.165) is 13.0 Å². The third-order valence-corrected chi connectivity index (χ3v) is 1.90. The molecule has 0 aliphatic rings. The van der Waals surface area contributed by atoms with Gasteiger partial charge in [-0.3, -0.25) is 0 Å². The Morgan fingerprint density at radius 2 is 2.00 bits per heavy atom. The van der Waals surface area contributed by atoms with Gasteiger partial charge in [-0.15, -0.1) is 6.42 Å². The van der Waals surface area contributed by atoms with E-state index in [-0.39, 0.29) is 0 Å². The summed E-state index contributed by atoms with van der Waals surface area (Å²) in [5, 5.41) is 0. The molecular weight excluding hydrogens is 158 g/mol. The molecule has 0 spiro atoms. The average molecular weight is 173 g/mol. The Bertz CT molecular complexity index is 271. The molecule has 0 radical (unpaired) electrons.